The second-order valence-corrected chi connectivity index (χ2v) is 5.34. The molecule has 5 heteroatoms. The maximum Gasteiger partial charge on any atom is 0.429 e. The molecule has 0 fully saturated rings. The van der Waals surface area contributed by atoms with Crippen LogP contribution in [0.1, 0.15) is 20.7 Å². The lowest BCUT2D eigenvalue weighted by Gasteiger charge is -2.24. The van der Waals surface area contributed by atoms with E-state index >= 15 is 0 Å². The van der Waals surface area contributed by atoms with Crippen LogP contribution in [-0.4, -0.2) is 22.8 Å². The smallest absolute Gasteiger partial charge is 0.410 e. The highest BCUT2D eigenvalue weighted by Gasteiger charge is 2.38. The van der Waals surface area contributed by atoms with Crippen LogP contribution in [0.4, 0.5) is 4.79 Å². The summed E-state index contributed by atoms with van der Waals surface area (Å²) in [5.74, 6) is -1.09. The molecule has 0 atom stereocenters. The predicted molar refractivity (Wildman–Crippen MR) is 86.9 cm³/mol. The molecule has 3 amide bonds. The molecule has 1 heterocycles. The predicted octanol–water partition coefficient (Wildman–Crippen LogP) is 3.63. The average molecular weight is 317 g/mol. The number of carbonyl (C=O) groups is 3. The highest BCUT2D eigenvalue weighted by atomic mass is 16.6. The summed E-state index contributed by atoms with van der Waals surface area (Å²) >= 11 is 0. The number of rotatable bonds is 1. The Labute approximate surface area is 137 Å². The standard InChI is InChI=1S/C19H11NO4/c21-17-14-10-4-6-12-7-5-11-15(16(12)14)18(22)20(17)19(23)24-13-8-2-1-3-9-13/h1-11H. The van der Waals surface area contributed by atoms with Gasteiger partial charge in [0, 0.05) is 16.5 Å². The number of nitrogens with zero attached hydrogens (tertiary/aromatic N) is 1. The molecule has 0 saturated heterocycles. The van der Waals surface area contributed by atoms with Crippen LogP contribution in [0.2, 0.25) is 0 Å². The van der Waals surface area contributed by atoms with E-state index in [-0.39, 0.29) is 5.75 Å². The fourth-order valence-corrected chi connectivity index (χ4v) is 2.83. The molecule has 116 valence electrons. The van der Waals surface area contributed by atoms with Crippen molar-refractivity contribution < 1.29 is 19.1 Å². The first-order chi connectivity index (χ1) is 11.7. The molecule has 4 rings (SSSR count). The van der Waals surface area contributed by atoms with Gasteiger partial charge in [0.15, 0.2) is 0 Å². The number of hydrogen-bond donors (Lipinski definition) is 0. The second kappa shape index (κ2) is 5.31. The van der Waals surface area contributed by atoms with Crippen molar-refractivity contribution in [3.8, 4) is 5.75 Å². The van der Waals surface area contributed by atoms with Gasteiger partial charge in [-0.25, -0.2) is 4.79 Å². The van der Waals surface area contributed by atoms with Gasteiger partial charge in [0.25, 0.3) is 11.8 Å². The lowest BCUT2D eigenvalue weighted by atomic mass is 9.94. The van der Waals surface area contributed by atoms with Gasteiger partial charge in [-0.3, -0.25) is 9.59 Å². The lowest BCUT2D eigenvalue weighted by molar-refractivity contribution is 0.0619. The lowest BCUT2D eigenvalue weighted by Crippen LogP contribution is -2.45. The fraction of sp³-hybridized carbons (Fsp3) is 0. The van der Waals surface area contributed by atoms with E-state index in [9.17, 15) is 14.4 Å². The Morgan fingerprint density at radius 3 is 1.92 bits per heavy atom. The third-order valence-corrected chi connectivity index (χ3v) is 3.90. The maximum atomic E-state index is 12.6. The molecule has 3 aromatic carbocycles. The van der Waals surface area contributed by atoms with Gasteiger partial charge in [-0.15, -0.1) is 0 Å². The first-order valence-corrected chi connectivity index (χ1v) is 7.34. The first kappa shape index (κ1) is 14.1. The van der Waals surface area contributed by atoms with Crippen LogP contribution < -0.4 is 4.74 Å². The van der Waals surface area contributed by atoms with Gasteiger partial charge in [-0.2, -0.15) is 4.90 Å². The van der Waals surface area contributed by atoms with Gasteiger partial charge in [-0.05, 0) is 29.7 Å². The summed E-state index contributed by atoms with van der Waals surface area (Å²) in [7, 11) is 0. The molecule has 0 saturated carbocycles. The van der Waals surface area contributed by atoms with E-state index in [1.165, 1.54) is 0 Å². The molecule has 24 heavy (non-hydrogen) atoms. The number of ether oxygens (including phenoxy) is 1. The molecular weight excluding hydrogens is 306 g/mol. The summed E-state index contributed by atoms with van der Waals surface area (Å²) in [6.45, 7) is 0. The highest BCUT2D eigenvalue weighted by molar-refractivity contribution is 6.30. The van der Waals surface area contributed by atoms with Crippen LogP contribution >= 0.6 is 0 Å². The van der Waals surface area contributed by atoms with Crippen molar-refractivity contribution >= 4 is 28.7 Å². The van der Waals surface area contributed by atoms with Crippen LogP contribution in [-0.2, 0) is 0 Å². The molecule has 1 aliphatic heterocycles. The third-order valence-electron chi connectivity index (χ3n) is 3.90. The van der Waals surface area contributed by atoms with Crippen molar-refractivity contribution in [2.24, 2.45) is 0 Å². The monoisotopic (exact) mass is 317 g/mol. The summed E-state index contributed by atoms with van der Waals surface area (Å²) in [5.41, 5.74) is 0.625. The Hall–Kier alpha value is -3.47. The van der Waals surface area contributed by atoms with Crippen molar-refractivity contribution in [3.63, 3.8) is 0 Å². The minimum atomic E-state index is -1.01. The fourth-order valence-electron chi connectivity index (χ4n) is 2.83. The van der Waals surface area contributed by atoms with Crippen molar-refractivity contribution in [3.05, 3.63) is 77.9 Å². The number of hydrogen-bond acceptors (Lipinski definition) is 4. The zero-order valence-corrected chi connectivity index (χ0v) is 12.4. The van der Waals surface area contributed by atoms with E-state index in [4.69, 9.17) is 4.74 Å². The molecule has 1 aliphatic rings. The topological polar surface area (TPSA) is 63.7 Å². The first-order valence-electron chi connectivity index (χ1n) is 7.34. The van der Waals surface area contributed by atoms with E-state index in [2.05, 4.69) is 0 Å². The highest BCUT2D eigenvalue weighted by Crippen LogP contribution is 2.30. The average Bonchev–Trinajstić information content (AvgIpc) is 2.60. The summed E-state index contributed by atoms with van der Waals surface area (Å²) in [6.07, 6.45) is -1.01. The molecule has 0 aromatic heterocycles. The van der Waals surface area contributed by atoms with E-state index < -0.39 is 17.9 Å². The minimum absolute atomic E-state index is 0.264. The molecular formula is C19H11NO4. The van der Waals surface area contributed by atoms with E-state index in [0.29, 0.717) is 21.4 Å². The number of benzene rings is 3. The Bertz CT molecular complexity index is 944. The van der Waals surface area contributed by atoms with Crippen molar-refractivity contribution in [2.45, 2.75) is 0 Å². The van der Waals surface area contributed by atoms with E-state index in [1.54, 1.807) is 54.6 Å². The summed E-state index contributed by atoms with van der Waals surface area (Å²) in [4.78, 5) is 38.2. The van der Waals surface area contributed by atoms with Crippen molar-refractivity contribution in [1.29, 1.82) is 0 Å². The maximum absolute atomic E-state index is 12.6. The summed E-state index contributed by atoms with van der Waals surface area (Å²) in [5, 5.41) is 1.35. The van der Waals surface area contributed by atoms with E-state index in [1.807, 2.05) is 12.1 Å². The molecule has 5 nitrogen and oxygen atoms in total. The SMILES string of the molecule is O=C(Oc1ccccc1)N1C(=O)c2cccc3cccc(c23)C1=O. The third kappa shape index (κ3) is 2.06. The molecule has 0 N–H and O–H groups in total. The second-order valence-electron chi connectivity index (χ2n) is 5.34. The van der Waals surface area contributed by atoms with Crippen LogP contribution in [0.15, 0.2) is 66.7 Å². The number of carbonyl (C=O) groups excluding carboxylic acids is 3. The van der Waals surface area contributed by atoms with Crippen LogP contribution in [0.5, 0.6) is 5.75 Å². The Morgan fingerprint density at radius 1 is 0.750 bits per heavy atom. The zero-order valence-electron chi connectivity index (χ0n) is 12.4. The molecule has 3 aromatic rings. The van der Waals surface area contributed by atoms with Gasteiger partial charge >= 0.3 is 6.09 Å². The van der Waals surface area contributed by atoms with Gasteiger partial charge < -0.3 is 4.74 Å². The molecule has 0 aliphatic carbocycles. The molecule has 0 unspecified atom stereocenters. The Balaban J connectivity index is 1.78. The van der Waals surface area contributed by atoms with Gasteiger partial charge in [0.2, 0.25) is 0 Å². The molecule has 0 spiro atoms. The number of imide groups is 3. The Morgan fingerprint density at radius 2 is 1.33 bits per heavy atom. The minimum Gasteiger partial charge on any atom is -0.410 e. The van der Waals surface area contributed by atoms with Gasteiger partial charge in [0.1, 0.15) is 5.75 Å². The number of para-hydroxylation sites is 1. The quantitative estimate of drug-likeness (QED) is 0.643. The van der Waals surface area contributed by atoms with Gasteiger partial charge in [-0.1, -0.05) is 42.5 Å². The van der Waals surface area contributed by atoms with Crippen molar-refractivity contribution in [1.82, 2.24) is 4.90 Å². The van der Waals surface area contributed by atoms with Crippen LogP contribution in [0.3, 0.4) is 0 Å². The van der Waals surface area contributed by atoms with Gasteiger partial charge in [0.05, 0.1) is 0 Å². The van der Waals surface area contributed by atoms with E-state index in [0.717, 1.165) is 5.39 Å². The number of amides is 3. The molecule has 0 radical (unpaired) electrons. The largest absolute Gasteiger partial charge is 0.429 e. The van der Waals surface area contributed by atoms with Crippen molar-refractivity contribution in [2.75, 3.05) is 0 Å². The zero-order chi connectivity index (χ0) is 16.7. The summed E-state index contributed by atoms with van der Waals surface area (Å²) < 4.78 is 5.15. The molecule has 0 bridgehead atoms. The summed E-state index contributed by atoms with van der Waals surface area (Å²) in [6, 6.07) is 18.6. The normalized spacial score (nSPS) is 13.2. The van der Waals surface area contributed by atoms with Crippen LogP contribution in [0, 0.1) is 0 Å². The Kier molecular flexibility index (Phi) is 3.13. The van der Waals surface area contributed by atoms with Crippen LogP contribution in [0.25, 0.3) is 10.8 Å².